The number of ketones is 1. The minimum absolute atomic E-state index is 0.109. The molecule has 2 heterocycles. The van der Waals surface area contributed by atoms with Gasteiger partial charge >= 0.3 is 6.09 Å². The number of hydrogen-bond donors (Lipinski definition) is 0. The monoisotopic (exact) mass is 359 g/mol. The second-order valence-electron chi connectivity index (χ2n) is 5.87. The van der Waals surface area contributed by atoms with E-state index >= 15 is 0 Å². The van der Waals surface area contributed by atoms with Crippen LogP contribution in [-0.4, -0.2) is 35.5 Å². The first-order chi connectivity index (χ1) is 9.28. The van der Waals surface area contributed by atoms with Gasteiger partial charge in [0.2, 0.25) is 0 Å². The van der Waals surface area contributed by atoms with Crippen molar-refractivity contribution in [1.82, 2.24) is 4.90 Å². The first-order valence-corrected chi connectivity index (χ1v) is 8.20. The van der Waals surface area contributed by atoms with Crippen molar-refractivity contribution >= 4 is 39.1 Å². The summed E-state index contributed by atoms with van der Waals surface area (Å²) >= 11 is 4.82. The molecule has 1 aliphatic heterocycles. The third-order valence-corrected chi connectivity index (χ3v) is 4.90. The van der Waals surface area contributed by atoms with Gasteiger partial charge in [-0.2, -0.15) is 0 Å². The normalized spacial score (nSPS) is 19.2. The van der Waals surface area contributed by atoms with Gasteiger partial charge in [0.1, 0.15) is 5.60 Å². The van der Waals surface area contributed by atoms with Crippen LogP contribution < -0.4 is 0 Å². The maximum atomic E-state index is 12.4. The van der Waals surface area contributed by atoms with Gasteiger partial charge in [-0.05, 0) is 54.6 Å². The van der Waals surface area contributed by atoms with Crippen LogP contribution in [0.25, 0.3) is 0 Å². The number of hydrogen-bond acceptors (Lipinski definition) is 4. The quantitative estimate of drug-likeness (QED) is 0.751. The lowest BCUT2D eigenvalue weighted by Gasteiger charge is -2.24. The molecule has 0 aliphatic carbocycles. The fourth-order valence-corrected chi connectivity index (χ4v) is 3.71. The van der Waals surface area contributed by atoms with Crippen molar-refractivity contribution in [2.45, 2.75) is 32.8 Å². The predicted octanol–water partition coefficient (Wildman–Crippen LogP) is 3.95. The number of ether oxygens (including phenoxy) is 1. The van der Waals surface area contributed by atoms with Gasteiger partial charge in [-0.3, -0.25) is 4.79 Å². The summed E-state index contributed by atoms with van der Waals surface area (Å²) in [5.41, 5.74) is -0.504. The second kappa shape index (κ2) is 5.85. The van der Waals surface area contributed by atoms with Crippen molar-refractivity contribution in [1.29, 1.82) is 0 Å². The lowest BCUT2D eigenvalue weighted by atomic mass is 10.0. The van der Waals surface area contributed by atoms with Crippen LogP contribution in [0.5, 0.6) is 0 Å². The van der Waals surface area contributed by atoms with Gasteiger partial charge in [0.15, 0.2) is 5.78 Å². The Balaban J connectivity index is 1.97. The van der Waals surface area contributed by atoms with Crippen LogP contribution in [0.1, 0.15) is 36.9 Å². The van der Waals surface area contributed by atoms with Crippen LogP contribution in [0.3, 0.4) is 0 Å². The zero-order chi connectivity index (χ0) is 14.9. The van der Waals surface area contributed by atoms with E-state index in [4.69, 9.17) is 4.74 Å². The predicted molar refractivity (Wildman–Crippen MR) is 82.3 cm³/mol. The van der Waals surface area contributed by atoms with E-state index in [1.165, 1.54) is 11.3 Å². The Labute approximate surface area is 131 Å². The van der Waals surface area contributed by atoms with E-state index in [-0.39, 0.29) is 17.8 Å². The summed E-state index contributed by atoms with van der Waals surface area (Å²) in [4.78, 5) is 26.7. The highest BCUT2D eigenvalue weighted by molar-refractivity contribution is 9.10. The van der Waals surface area contributed by atoms with E-state index in [1.54, 1.807) is 4.90 Å². The molecule has 1 aromatic heterocycles. The van der Waals surface area contributed by atoms with E-state index in [0.717, 1.165) is 9.35 Å². The molecule has 0 N–H and O–H groups in total. The van der Waals surface area contributed by atoms with Gasteiger partial charge in [-0.1, -0.05) is 0 Å². The first kappa shape index (κ1) is 15.5. The third-order valence-electron chi connectivity index (χ3n) is 3.05. The number of rotatable bonds is 2. The van der Waals surface area contributed by atoms with Crippen molar-refractivity contribution in [2.24, 2.45) is 5.92 Å². The summed E-state index contributed by atoms with van der Waals surface area (Å²) < 4.78 is 6.17. The number of amides is 1. The molecule has 1 amide bonds. The molecule has 0 radical (unpaired) electrons. The molecule has 1 unspecified atom stereocenters. The van der Waals surface area contributed by atoms with Crippen molar-refractivity contribution < 1.29 is 14.3 Å². The molecule has 2 rings (SSSR count). The molecule has 1 fully saturated rings. The molecule has 110 valence electrons. The molecule has 20 heavy (non-hydrogen) atoms. The summed E-state index contributed by atoms with van der Waals surface area (Å²) in [5, 5.41) is 1.89. The number of halogens is 1. The van der Waals surface area contributed by atoms with Crippen LogP contribution >= 0.6 is 27.3 Å². The topological polar surface area (TPSA) is 46.6 Å². The van der Waals surface area contributed by atoms with Crippen LogP contribution in [0.2, 0.25) is 0 Å². The average Bonchev–Trinajstić information content (AvgIpc) is 2.94. The fourth-order valence-electron chi connectivity index (χ4n) is 2.12. The van der Waals surface area contributed by atoms with Gasteiger partial charge in [-0.15, -0.1) is 11.3 Å². The molecule has 0 saturated carbocycles. The molecule has 1 aromatic rings. The number of thiophene rings is 1. The number of Topliss-reactive ketones (excluding diaryl/α,β-unsaturated/α-hetero) is 1. The van der Waals surface area contributed by atoms with E-state index in [9.17, 15) is 9.59 Å². The SMILES string of the molecule is CC(C)(C)OC(=O)N1CCC(C(=O)c2sccc2Br)C1. The first-order valence-electron chi connectivity index (χ1n) is 6.53. The Morgan fingerprint density at radius 1 is 1.45 bits per heavy atom. The molecule has 0 bridgehead atoms. The van der Waals surface area contributed by atoms with Gasteiger partial charge in [0.05, 0.1) is 4.88 Å². The molecular formula is C14H18BrNO3S. The lowest BCUT2D eigenvalue weighted by Crippen LogP contribution is -2.35. The van der Waals surface area contributed by atoms with E-state index in [1.807, 2.05) is 32.2 Å². The minimum Gasteiger partial charge on any atom is -0.444 e. The van der Waals surface area contributed by atoms with Gasteiger partial charge in [0, 0.05) is 23.5 Å². The summed E-state index contributed by atoms with van der Waals surface area (Å²) in [7, 11) is 0. The average molecular weight is 360 g/mol. The number of carbonyl (C=O) groups excluding carboxylic acids is 2. The molecule has 1 atom stereocenters. The van der Waals surface area contributed by atoms with E-state index in [0.29, 0.717) is 19.5 Å². The van der Waals surface area contributed by atoms with Crippen molar-refractivity contribution in [3.8, 4) is 0 Å². The van der Waals surface area contributed by atoms with Crippen LogP contribution in [0.4, 0.5) is 4.79 Å². The molecule has 6 heteroatoms. The highest BCUT2D eigenvalue weighted by Gasteiger charge is 2.34. The molecule has 0 spiro atoms. The maximum absolute atomic E-state index is 12.4. The largest absolute Gasteiger partial charge is 0.444 e. The molecule has 4 nitrogen and oxygen atoms in total. The lowest BCUT2D eigenvalue weighted by molar-refractivity contribution is 0.0289. The van der Waals surface area contributed by atoms with Gasteiger partial charge < -0.3 is 9.64 Å². The number of carbonyl (C=O) groups is 2. The zero-order valence-corrected chi connectivity index (χ0v) is 14.2. The maximum Gasteiger partial charge on any atom is 0.410 e. The van der Waals surface area contributed by atoms with Crippen LogP contribution in [0, 0.1) is 5.92 Å². The van der Waals surface area contributed by atoms with E-state index in [2.05, 4.69) is 15.9 Å². The van der Waals surface area contributed by atoms with Crippen molar-refractivity contribution in [3.05, 3.63) is 20.8 Å². The Hall–Kier alpha value is -0.880. The summed E-state index contributed by atoms with van der Waals surface area (Å²) in [6.07, 6.45) is 0.362. The third kappa shape index (κ3) is 3.61. The van der Waals surface area contributed by atoms with Crippen LogP contribution in [0.15, 0.2) is 15.9 Å². The minimum atomic E-state index is -0.504. The Bertz CT molecular complexity index is 521. The molecule has 1 saturated heterocycles. The Morgan fingerprint density at radius 2 is 2.15 bits per heavy atom. The summed E-state index contributed by atoms with van der Waals surface area (Å²) in [6.45, 7) is 6.54. The molecule has 1 aliphatic rings. The van der Waals surface area contributed by atoms with Crippen LogP contribution in [-0.2, 0) is 4.74 Å². The second-order valence-corrected chi connectivity index (χ2v) is 7.64. The fraction of sp³-hybridized carbons (Fsp3) is 0.571. The molecular weight excluding hydrogens is 342 g/mol. The summed E-state index contributed by atoms with van der Waals surface area (Å²) in [5.74, 6) is -0.0181. The van der Waals surface area contributed by atoms with Gasteiger partial charge in [-0.25, -0.2) is 4.79 Å². The number of nitrogens with zero attached hydrogens (tertiary/aromatic N) is 1. The smallest absolute Gasteiger partial charge is 0.410 e. The van der Waals surface area contributed by atoms with Gasteiger partial charge in [0.25, 0.3) is 0 Å². The standard InChI is InChI=1S/C14H18BrNO3S/c1-14(2,3)19-13(18)16-6-4-9(8-16)11(17)12-10(15)5-7-20-12/h5,7,9H,4,6,8H2,1-3H3. The Morgan fingerprint density at radius 3 is 2.70 bits per heavy atom. The van der Waals surface area contributed by atoms with Crippen molar-refractivity contribution in [3.63, 3.8) is 0 Å². The number of likely N-dealkylation sites (tertiary alicyclic amines) is 1. The zero-order valence-electron chi connectivity index (χ0n) is 11.8. The van der Waals surface area contributed by atoms with Crippen molar-refractivity contribution in [2.75, 3.05) is 13.1 Å². The van der Waals surface area contributed by atoms with E-state index < -0.39 is 5.60 Å². The Kier molecular flexibility index (Phi) is 4.54. The summed E-state index contributed by atoms with van der Waals surface area (Å²) in [6, 6.07) is 1.87. The highest BCUT2D eigenvalue weighted by atomic mass is 79.9. The highest BCUT2D eigenvalue weighted by Crippen LogP contribution is 2.29. The molecule has 0 aromatic carbocycles.